The molecule has 1 aromatic rings. The molecule has 0 atom stereocenters. The van der Waals surface area contributed by atoms with E-state index < -0.39 is 10.0 Å². The van der Waals surface area contributed by atoms with Crippen molar-refractivity contribution in [2.45, 2.75) is 20.3 Å². The fourth-order valence-electron chi connectivity index (χ4n) is 1.26. The summed E-state index contributed by atoms with van der Waals surface area (Å²) in [6.45, 7) is 3.55. The van der Waals surface area contributed by atoms with Gasteiger partial charge in [0.05, 0.1) is 11.4 Å². The summed E-state index contributed by atoms with van der Waals surface area (Å²) >= 11 is 0. The normalized spacial score (nSPS) is 10.5. The van der Waals surface area contributed by atoms with Gasteiger partial charge in [0.2, 0.25) is 10.0 Å². The number of nitrogens with one attached hydrogen (secondary N) is 1. The molecule has 0 spiro atoms. The first-order chi connectivity index (χ1) is 7.48. The highest BCUT2D eigenvalue weighted by molar-refractivity contribution is 7.92. The van der Waals surface area contributed by atoms with E-state index in [1.807, 2.05) is 0 Å². The molecule has 0 bridgehead atoms. The molecule has 3 N–H and O–H groups in total. The monoisotopic (exact) mass is 260 g/mol. The van der Waals surface area contributed by atoms with Crippen molar-refractivity contribution >= 4 is 21.4 Å². The molecule has 7 heteroatoms. The lowest BCUT2D eigenvalue weighted by Crippen LogP contribution is -2.16. The Morgan fingerprint density at radius 2 is 2.00 bits per heavy atom. The van der Waals surface area contributed by atoms with Crippen LogP contribution in [-0.2, 0) is 10.0 Å². The predicted molar refractivity (Wildman–Crippen MR) is 67.9 cm³/mol. The van der Waals surface area contributed by atoms with Gasteiger partial charge in [0.1, 0.15) is 5.69 Å². The van der Waals surface area contributed by atoms with Crippen molar-refractivity contribution in [1.82, 2.24) is 0 Å². The fourth-order valence-corrected chi connectivity index (χ4v) is 2.46. The molecule has 0 aromatic heterocycles. The van der Waals surface area contributed by atoms with Crippen molar-refractivity contribution in [3.63, 3.8) is 0 Å². The number of hydrogen-bond donors (Lipinski definition) is 1. The molecule has 0 unspecified atom stereocenters. The second-order valence-corrected chi connectivity index (χ2v) is 5.35. The van der Waals surface area contributed by atoms with E-state index in [0.29, 0.717) is 12.1 Å². The van der Waals surface area contributed by atoms with Crippen molar-refractivity contribution in [3.05, 3.63) is 28.7 Å². The Morgan fingerprint density at radius 3 is 2.53 bits per heavy atom. The SMILES string of the molecule is CCCS(=O)(=O)Nc1cc(N=O)ccc1C.O. The minimum Gasteiger partial charge on any atom is -0.412 e. The second kappa shape index (κ2) is 6.31. The topological polar surface area (TPSA) is 107 Å². The Balaban J connectivity index is 0.00000256. The molecule has 0 aliphatic carbocycles. The highest BCUT2D eigenvalue weighted by Gasteiger charge is 2.10. The number of nitrogens with zero attached hydrogens (tertiary/aromatic N) is 1. The van der Waals surface area contributed by atoms with E-state index in [0.717, 1.165) is 5.56 Å². The number of sulfonamides is 1. The molecule has 6 nitrogen and oxygen atoms in total. The first-order valence-electron chi connectivity index (χ1n) is 4.93. The van der Waals surface area contributed by atoms with Gasteiger partial charge in [0.25, 0.3) is 0 Å². The summed E-state index contributed by atoms with van der Waals surface area (Å²) in [5.74, 6) is 0.0607. The zero-order chi connectivity index (χ0) is 12.2. The van der Waals surface area contributed by atoms with E-state index in [4.69, 9.17) is 0 Å². The average molecular weight is 260 g/mol. The lowest BCUT2D eigenvalue weighted by Gasteiger charge is -2.09. The molecular weight excluding hydrogens is 244 g/mol. The molecule has 17 heavy (non-hydrogen) atoms. The van der Waals surface area contributed by atoms with E-state index >= 15 is 0 Å². The van der Waals surface area contributed by atoms with E-state index in [1.165, 1.54) is 6.07 Å². The van der Waals surface area contributed by atoms with Crippen molar-refractivity contribution in [2.24, 2.45) is 5.18 Å². The zero-order valence-corrected chi connectivity index (χ0v) is 10.5. The van der Waals surface area contributed by atoms with Crippen molar-refractivity contribution in [1.29, 1.82) is 0 Å². The number of aryl methyl sites for hydroxylation is 1. The lowest BCUT2D eigenvalue weighted by atomic mass is 10.2. The summed E-state index contributed by atoms with van der Waals surface area (Å²) in [6.07, 6.45) is 0.542. The molecule has 0 aliphatic rings. The number of rotatable bonds is 5. The van der Waals surface area contributed by atoms with Gasteiger partial charge in [-0.15, -0.1) is 4.91 Å². The molecular formula is C10H16N2O4S. The minimum absolute atomic E-state index is 0. The molecule has 0 aliphatic heterocycles. The van der Waals surface area contributed by atoms with Gasteiger partial charge in [-0.3, -0.25) is 4.72 Å². The van der Waals surface area contributed by atoms with Gasteiger partial charge in [-0.2, -0.15) is 0 Å². The summed E-state index contributed by atoms with van der Waals surface area (Å²) in [7, 11) is -3.33. The number of benzene rings is 1. The van der Waals surface area contributed by atoms with Crippen LogP contribution in [0.2, 0.25) is 0 Å². The van der Waals surface area contributed by atoms with E-state index in [1.54, 1.807) is 26.0 Å². The van der Waals surface area contributed by atoms with Gasteiger partial charge in [-0.25, -0.2) is 8.42 Å². The Morgan fingerprint density at radius 1 is 1.35 bits per heavy atom. The van der Waals surface area contributed by atoms with Gasteiger partial charge in [-0.1, -0.05) is 13.0 Å². The maximum absolute atomic E-state index is 11.5. The number of hydrogen-bond acceptors (Lipinski definition) is 4. The van der Waals surface area contributed by atoms with Crippen LogP contribution >= 0.6 is 0 Å². The first-order valence-corrected chi connectivity index (χ1v) is 6.58. The maximum atomic E-state index is 11.5. The fraction of sp³-hybridized carbons (Fsp3) is 0.400. The average Bonchev–Trinajstić information content (AvgIpc) is 2.21. The van der Waals surface area contributed by atoms with Crippen LogP contribution in [0.4, 0.5) is 11.4 Å². The summed E-state index contributed by atoms with van der Waals surface area (Å²) in [5, 5.41) is 2.76. The standard InChI is InChI=1S/C10H14N2O3S.H2O/c1-3-6-16(14,15)12-10-7-9(11-13)5-4-8(10)2;/h4-5,7,12H,3,6H2,1-2H3;1H2. The van der Waals surface area contributed by atoms with Crippen LogP contribution in [0.25, 0.3) is 0 Å². The molecule has 0 saturated carbocycles. The Kier molecular flexibility index (Phi) is 5.77. The molecule has 0 radical (unpaired) electrons. The third-order valence-corrected chi connectivity index (χ3v) is 3.54. The highest BCUT2D eigenvalue weighted by Crippen LogP contribution is 2.23. The zero-order valence-electron chi connectivity index (χ0n) is 9.73. The minimum atomic E-state index is -3.33. The van der Waals surface area contributed by atoms with Crippen LogP contribution in [0, 0.1) is 11.8 Å². The number of anilines is 1. The van der Waals surface area contributed by atoms with Crippen molar-refractivity contribution < 1.29 is 13.9 Å². The van der Waals surface area contributed by atoms with Gasteiger partial charge in [0, 0.05) is 0 Å². The molecule has 0 heterocycles. The third-order valence-electron chi connectivity index (χ3n) is 2.06. The van der Waals surface area contributed by atoms with Crippen LogP contribution in [0.5, 0.6) is 0 Å². The quantitative estimate of drug-likeness (QED) is 0.814. The van der Waals surface area contributed by atoms with Gasteiger partial charge < -0.3 is 5.48 Å². The number of nitroso groups, excluding NO2 is 1. The van der Waals surface area contributed by atoms with Gasteiger partial charge >= 0.3 is 0 Å². The van der Waals surface area contributed by atoms with Crippen molar-refractivity contribution in [2.75, 3.05) is 10.5 Å². The van der Waals surface area contributed by atoms with E-state index in [9.17, 15) is 13.3 Å². The Hall–Kier alpha value is -1.47. The smallest absolute Gasteiger partial charge is 0.232 e. The predicted octanol–water partition coefficient (Wildman–Crippen LogP) is 1.72. The summed E-state index contributed by atoms with van der Waals surface area (Å²) in [6, 6.07) is 4.62. The largest absolute Gasteiger partial charge is 0.412 e. The third kappa shape index (κ3) is 4.49. The van der Waals surface area contributed by atoms with E-state index in [2.05, 4.69) is 9.90 Å². The van der Waals surface area contributed by atoms with Crippen LogP contribution in [-0.4, -0.2) is 19.6 Å². The molecule has 1 rings (SSSR count). The van der Waals surface area contributed by atoms with Gasteiger partial charge in [0.15, 0.2) is 0 Å². The highest BCUT2D eigenvalue weighted by atomic mass is 32.2. The molecule has 0 fully saturated rings. The van der Waals surface area contributed by atoms with Crippen LogP contribution in [0.1, 0.15) is 18.9 Å². The molecule has 0 saturated heterocycles. The summed E-state index contributed by atoms with van der Waals surface area (Å²) in [5.41, 5.74) is 1.37. The Bertz CT molecular complexity index is 485. The first kappa shape index (κ1) is 15.5. The maximum Gasteiger partial charge on any atom is 0.232 e. The summed E-state index contributed by atoms with van der Waals surface area (Å²) in [4.78, 5) is 10.3. The second-order valence-electron chi connectivity index (χ2n) is 3.51. The van der Waals surface area contributed by atoms with Gasteiger partial charge in [-0.05, 0) is 36.2 Å². The van der Waals surface area contributed by atoms with Crippen LogP contribution in [0.3, 0.4) is 0 Å². The van der Waals surface area contributed by atoms with Crippen molar-refractivity contribution in [3.8, 4) is 0 Å². The van der Waals surface area contributed by atoms with Crippen LogP contribution < -0.4 is 4.72 Å². The molecule has 96 valence electrons. The van der Waals surface area contributed by atoms with Crippen LogP contribution in [0.15, 0.2) is 23.4 Å². The molecule has 1 aromatic carbocycles. The molecule has 0 amide bonds. The van der Waals surface area contributed by atoms with E-state index in [-0.39, 0.29) is 16.9 Å². The lowest BCUT2D eigenvalue weighted by molar-refractivity contribution is 0.600. The summed E-state index contributed by atoms with van der Waals surface area (Å²) < 4.78 is 25.5. The Labute approximate surface area is 100 Å².